The van der Waals surface area contributed by atoms with E-state index in [2.05, 4.69) is 115 Å². The molecular formula is C35H24. The summed E-state index contributed by atoms with van der Waals surface area (Å²) in [5.74, 6) is 0.708. The highest BCUT2D eigenvalue weighted by Crippen LogP contribution is 2.47. The van der Waals surface area contributed by atoms with E-state index in [1.807, 2.05) is 0 Å². The van der Waals surface area contributed by atoms with Crippen molar-refractivity contribution in [3.8, 4) is 11.1 Å². The van der Waals surface area contributed by atoms with Crippen LogP contribution in [0.4, 0.5) is 0 Å². The van der Waals surface area contributed by atoms with E-state index in [9.17, 15) is 0 Å². The quantitative estimate of drug-likeness (QED) is 0.184. The Labute approximate surface area is 204 Å². The Balaban J connectivity index is 1.49. The fourth-order valence-electron chi connectivity index (χ4n) is 6.21. The summed E-state index contributed by atoms with van der Waals surface area (Å²) in [5, 5.41) is 13.4. The summed E-state index contributed by atoms with van der Waals surface area (Å²) in [6, 6.07) is 43.0. The van der Waals surface area contributed by atoms with Crippen molar-refractivity contribution in [1.29, 1.82) is 0 Å². The molecule has 0 bridgehead atoms. The van der Waals surface area contributed by atoms with Crippen LogP contribution in [0.5, 0.6) is 0 Å². The van der Waals surface area contributed by atoms with Crippen LogP contribution in [-0.4, -0.2) is 0 Å². The molecule has 0 heteroatoms. The summed E-state index contributed by atoms with van der Waals surface area (Å²) in [6.45, 7) is 0. The van der Waals surface area contributed by atoms with E-state index >= 15 is 0 Å². The van der Waals surface area contributed by atoms with Gasteiger partial charge in [-0.05, 0) is 108 Å². The van der Waals surface area contributed by atoms with Gasteiger partial charge in [0.05, 0.1) is 0 Å². The second kappa shape index (κ2) is 7.17. The first-order chi connectivity index (χ1) is 17.3. The minimum absolute atomic E-state index is 0.708. The van der Waals surface area contributed by atoms with E-state index in [0.717, 1.165) is 0 Å². The van der Waals surface area contributed by atoms with Gasteiger partial charge in [0.25, 0.3) is 0 Å². The predicted octanol–water partition coefficient (Wildman–Crippen LogP) is 10.00. The molecule has 1 aliphatic carbocycles. The first-order valence-corrected chi connectivity index (χ1v) is 12.6. The van der Waals surface area contributed by atoms with Crippen LogP contribution < -0.4 is 0 Å². The molecule has 7 aromatic carbocycles. The summed E-state index contributed by atoms with van der Waals surface area (Å²) in [7, 11) is 0. The van der Waals surface area contributed by atoms with E-state index in [1.165, 1.54) is 77.8 Å². The van der Waals surface area contributed by atoms with Gasteiger partial charge in [0, 0.05) is 0 Å². The van der Waals surface area contributed by atoms with E-state index in [-0.39, 0.29) is 0 Å². The molecule has 0 amide bonds. The first kappa shape index (κ1) is 19.2. The van der Waals surface area contributed by atoms with E-state index in [0.29, 0.717) is 5.92 Å². The maximum atomic E-state index is 2.43. The van der Waals surface area contributed by atoms with Crippen molar-refractivity contribution in [2.45, 2.75) is 18.8 Å². The Hall–Kier alpha value is -4.16. The van der Waals surface area contributed by atoms with Crippen LogP contribution in [0.2, 0.25) is 0 Å². The lowest BCUT2D eigenvalue weighted by molar-refractivity contribution is 1.17. The molecule has 1 saturated carbocycles. The van der Waals surface area contributed by atoms with Gasteiger partial charge in [-0.15, -0.1) is 0 Å². The lowest BCUT2D eigenvalue weighted by atomic mass is 9.87. The zero-order valence-electron chi connectivity index (χ0n) is 19.5. The smallest absolute Gasteiger partial charge is 0.00264 e. The molecule has 8 rings (SSSR count). The molecule has 0 N–H and O–H groups in total. The molecule has 0 heterocycles. The SMILES string of the molecule is c1ccc2c(C3CC3)c3ccc(-c4c5ccccc5cc5c4ccc4ccccc45)cc3cc2c1. The third kappa shape index (κ3) is 2.87. The van der Waals surface area contributed by atoms with Crippen molar-refractivity contribution >= 4 is 53.9 Å². The molecule has 164 valence electrons. The van der Waals surface area contributed by atoms with Crippen LogP contribution >= 0.6 is 0 Å². The van der Waals surface area contributed by atoms with Crippen molar-refractivity contribution in [3.63, 3.8) is 0 Å². The normalized spacial score (nSPS) is 13.9. The predicted molar refractivity (Wildman–Crippen MR) is 151 cm³/mol. The van der Waals surface area contributed by atoms with Gasteiger partial charge >= 0.3 is 0 Å². The third-order valence-electron chi connectivity index (χ3n) is 7.95. The van der Waals surface area contributed by atoms with Gasteiger partial charge in [0.2, 0.25) is 0 Å². The summed E-state index contributed by atoms with van der Waals surface area (Å²) in [6.07, 6.45) is 2.62. The van der Waals surface area contributed by atoms with Gasteiger partial charge in [0.1, 0.15) is 0 Å². The van der Waals surface area contributed by atoms with E-state index in [1.54, 1.807) is 5.56 Å². The Bertz CT molecular complexity index is 1950. The average Bonchev–Trinajstić information content (AvgIpc) is 3.75. The van der Waals surface area contributed by atoms with Crippen molar-refractivity contribution in [1.82, 2.24) is 0 Å². The molecule has 0 aliphatic heterocycles. The first-order valence-electron chi connectivity index (χ1n) is 12.6. The summed E-state index contributed by atoms with van der Waals surface area (Å²) in [5.41, 5.74) is 4.19. The fraction of sp³-hybridized carbons (Fsp3) is 0.0857. The van der Waals surface area contributed by atoms with Crippen LogP contribution in [0, 0.1) is 0 Å². The van der Waals surface area contributed by atoms with Crippen LogP contribution in [0.25, 0.3) is 65.0 Å². The number of benzene rings is 7. The highest BCUT2D eigenvalue weighted by atomic mass is 14.3. The largest absolute Gasteiger partial charge is 0.0616 e. The lowest BCUT2D eigenvalue weighted by Gasteiger charge is -2.16. The molecule has 0 aromatic heterocycles. The molecule has 0 unspecified atom stereocenters. The van der Waals surface area contributed by atoms with Crippen LogP contribution in [0.1, 0.15) is 24.3 Å². The van der Waals surface area contributed by atoms with Gasteiger partial charge in [-0.25, -0.2) is 0 Å². The molecule has 0 radical (unpaired) electrons. The third-order valence-corrected chi connectivity index (χ3v) is 7.95. The van der Waals surface area contributed by atoms with Crippen molar-refractivity contribution in [3.05, 3.63) is 121 Å². The minimum Gasteiger partial charge on any atom is -0.0616 e. The molecule has 1 aliphatic rings. The number of rotatable bonds is 2. The van der Waals surface area contributed by atoms with Gasteiger partial charge in [0.15, 0.2) is 0 Å². The van der Waals surface area contributed by atoms with Gasteiger partial charge < -0.3 is 0 Å². The lowest BCUT2D eigenvalue weighted by Crippen LogP contribution is -1.90. The Morgan fingerprint density at radius 2 is 1.03 bits per heavy atom. The molecule has 7 aromatic rings. The molecular weight excluding hydrogens is 420 g/mol. The number of hydrogen-bond acceptors (Lipinski definition) is 0. The van der Waals surface area contributed by atoms with Crippen LogP contribution in [-0.2, 0) is 0 Å². The Morgan fingerprint density at radius 3 is 1.83 bits per heavy atom. The van der Waals surface area contributed by atoms with Gasteiger partial charge in [-0.1, -0.05) is 97.1 Å². The zero-order valence-corrected chi connectivity index (χ0v) is 19.5. The minimum atomic E-state index is 0.708. The number of hydrogen-bond donors (Lipinski definition) is 0. The van der Waals surface area contributed by atoms with Gasteiger partial charge in [-0.3, -0.25) is 0 Å². The highest BCUT2D eigenvalue weighted by molar-refractivity contribution is 6.20. The van der Waals surface area contributed by atoms with Crippen LogP contribution in [0.15, 0.2) is 115 Å². The number of fused-ring (bicyclic) bond motifs is 6. The maximum absolute atomic E-state index is 2.43. The second-order valence-electron chi connectivity index (χ2n) is 10.1. The highest BCUT2D eigenvalue weighted by Gasteiger charge is 2.27. The van der Waals surface area contributed by atoms with E-state index < -0.39 is 0 Å². The van der Waals surface area contributed by atoms with E-state index in [4.69, 9.17) is 0 Å². The second-order valence-corrected chi connectivity index (χ2v) is 10.1. The summed E-state index contributed by atoms with van der Waals surface area (Å²) >= 11 is 0. The molecule has 0 atom stereocenters. The molecule has 0 spiro atoms. The summed E-state index contributed by atoms with van der Waals surface area (Å²) in [4.78, 5) is 0. The van der Waals surface area contributed by atoms with Crippen molar-refractivity contribution < 1.29 is 0 Å². The molecule has 0 nitrogen and oxygen atoms in total. The van der Waals surface area contributed by atoms with Crippen molar-refractivity contribution in [2.75, 3.05) is 0 Å². The fourth-order valence-corrected chi connectivity index (χ4v) is 6.21. The topological polar surface area (TPSA) is 0 Å². The molecule has 0 saturated heterocycles. The maximum Gasteiger partial charge on any atom is -0.00264 e. The zero-order chi connectivity index (χ0) is 22.9. The summed E-state index contributed by atoms with van der Waals surface area (Å²) < 4.78 is 0. The standard InChI is InChI=1S/C35H24/c1-4-10-28-22(7-1)15-18-32-33(28)21-25-9-3-6-12-30(25)35(32)26-16-17-31-27(20-26)19-24-8-2-5-11-29(24)34(31)23-13-14-23/h1-12,15-21,23H,13-14H2. The average molecular weight is 445 g/mol. The Morgan fingerprint density at radius 1 is 0.400 bits per heavy atom. The molecule has 1 fully saturated rings. The monoisotopic (exact) mass is 444 g/mol. The van der Waals surface area contributed by atoms with Crippen LogP contribution in [0.3, 0.4) is 0 Å². The Kier molecular flexibility index (Phi) is 3.93. The van der Waals surface area contributed by atoms with Crippen molar-refractivity contribution in [2.24, 2.45) is 0 Å². The molecule has 35 heavy (non-hydrogen) atoms. The van der Waals surface area contributed by atoms with Gasteiger partial charge in [-0.2, -0.15) is 0 Å².